The molecule has 0 bridgehead atoms. The molecule has 0 unspecified atom stereocenters. The molecule has 4 heteroatoms. The molecule has 0 N–H and O–H groups in total. The normalized spacial score (nSPS) is 8.18. The van der Waals surface area contributed by atoms with Gasteiger partial charge in [-0.05, 0) is 0 Å². The number of pyridine rings is 1. The molecule has 1 rings (SSSR count). The highest BCUT2D eigenvalue weighted by molar-refractivity contribution is 5.85. The fourth-order valence-electron chi connectivity index (χ4n) is 0.622. The Morgan fingerprint density at radius 3 is 1.91 bits per heavy atom. The lowest BCUT2D eigenvalue weighted by atomic mass is 10.4. The molecule has 0 atom stereocenters. The highest BCUT2D eigenvalue weighted by Gasteiger charge is 1.92. The smallest absolute Gasteiger partial charge is 0.140 e. The second-order valence-electron chi connectivity index (χ2n) is 1.76. The summed E-state index contributed by atoms with van der Waals surface area (Å²) in [6.07, 6.45) is 3.26. The molecule has 11 heavy (non-hydrogen) atoms. The van der Waals surface area contributed by atoms with Gasteiger partial charge in [0.15, 0.2) is 0 Å². The predicted octanol–water partition coefficient (Wildman–Crippen LogP) is 1.52. The van der Waals surface area contributed by atoms with Crippen LogP contribution in [0.5, 0.6) is 11.5 Å². The van der Waals surface area contributed by atoms with Crippen molar-refractivity contribution in [3.8, 4) is 11.5 Å². The molecule has 1 aromatic heterocycles. The molecule has 62 valence electrons. The van der Waals surface area contributed by atoms with Crippen molar-refractivity contribution in [1.29, 1.82) is 0 Å². The molecule has 1 heterocycles. The third kappa shape index (κ3) is 2.63. The van der Waals surface area contributed by atoms with Crippen LogP contribution >= 0.6 is 12.4 Å². The number of aromatic nitrogens is 1. The number of methoxy groups -OCH3 is 2. The Kier molecular flexibility index (Phi) is 4.38. The molecular weight excluding hydrogens is 166 g/mol. The monoisotopic (exact) mass is 175 g/mol. The fraction of sp³-hybridized carbons (Fsp3) is 0.286. The highest BCUT2D eigenvalue weighted by Crippen LogP contribution is 2.15. The third-order valence-corrected chi connectivity index (χ3v) is 1.16. The van der Waals surface area contributed by atoms with Gasteiger partial charge in [0.25, 0.3) is 0 Å². The Bertz CT molecular complexity index is 198. The fourth-order valence-corrected chi connectivity index (χ4v) is 0.622. The SMILES string of the molecule is COc1cncc(OC)c1.Cl. The van der Waals surface area contributed by atoms with E-state index in [2.05, 4.69) is 4.98 Å². The van der Waals surface area contributed by atoms with E-state index in [-0.39, 0.29) is 12.4 Å². The summed E-state index contributed by atoms with van der Waals surface area (Å²) in [6.45, 7) is 0. The van der Waals surface area contributed by atoms with Gasteiger partial charge in [0.05, 0.1) is 26.6 Å². The lowest BCUT2D eigenvalue weighted by Gasteiger charge is -2.00. The molecule has 0 saturated heterocycles. The van der Waals surface area contributed by atoms with E-state index in [4.69, 9.17) is 9.47 Å². The number of halogens is 1. The Hall–Kier alpha value is -0.960. The maximum atomic E-state index is 4.91. The van der Waals surface area contributed by atoms with Crippen molar-refractivity contribution in [3.63, 3.8) is 0 Å². The van der Waals surface area contributed by atoms with Crippen LogP contribution in [-0.4, -0.2) is 19.2 Å². The molecule has 0 aliphatic rings. The van der Waals surface area contributed by atoms with Crippen LogP contribution in [0.15, 0.2) is 18.5 Å². The summed E-state index contributed by atoms with van der Waals surface area (Å²) >= 11 is 0. The van der Waals surface area contributed by atoms with E-state index >= 15 is 0 Å². The number of hydrogen-bond donors (Lipinski definition) is 0. The van der Waals surface area contributed by atoms with E-state index < -0.39 is 0 Å². The Labute approximate surface area is 71.8 Å². The summed E-state index contributed by atoms with van der Waals surface area (Å²) in [5, 5.41) is 0. The molecule has 0 radical (unpaired) electrons. The summed E-state index contributed by atoms with van der Waals surface area (Å²) in [5.74, 6) is 1.42. The Balaban J connectivity index is 0.000001000. The summed E-state index contributed by atoms with van der Waals surface area (Å²) in [5.41, 5.74) is 0. The molecule has 1 aromatic rings. The van der Waals surface area contributed by atoms with Gasteiger partial charge >= 0.3 is 0 Å². The minimum atomic E-state index is 0. The summed E-state index contributed by atoms with van der Waals surface area (Å²) in [7, 11) is 3.19. The third-order valence-electron chi connectivity index (χ3n) is 1.16. The van der Waals surface area contributed by atoms with Gasteiger partial charge in [0, 0.05) is 6.07 Å². The van der Waals surface area contributed by atoms with Crippen LogP contribution in [-0.2, 0) is 0 Å². The second-order valence-corrected chi connectivity index (χ2v) is 1.76. The van der Waals surface area contributed by atoms with E-state index in [1.165, 1.54) is 0 Å². The van der Waals surface area contributed by atoms with Crippen molar-refractivity contribution in [1.82, 2.24) is 4.98 Å². The van der Waals surface area contributed by atoms with Crippen LogP contribution in [0.4, 0.5) is 0 Å². The summed E-state index contributed by atoms with van der Waals surface area (Å²) in [6, 6.07) is 1.77. The zero-order chi connectivity index (χ0) is 7.40. The minimum Gasteiger partial charge on any atom is -0.495 e. The second kappa shape index (κ2) is 4.79. The Morgan fingerprint density at radius 1 is 1.09 bits per heavy atom. The van der Waals surface area contributed by atoms with Gasteiger partial charge in [0.1, 0.15) is 11.5 Å². The highest BCUT2D eigenvalue weighted by atomic mass is 35.5. The first-order valence-corrected chi connectivity index (χ1v) is 2.90. The average Bonchev–Trinajstić information content (AvgIpc) is 2.05. The first-order valence-electron chi connectivity index (χ1n) is 2.90. The van der Waals surface area contributed by atoms with Gasteiger partial charge in [-0.3, -0.25) is 4.98 Å². The van der Waals surface area contributed by atoms with Crippen molar-refractivity contribution >= 4 is 12.4 Å². The topological polar surface area (TPSA) is 31.4 Å². The molecule has 0 saturated carbocycles. The van der Waals surface area contributed by atoms with Crippen LogP contribution in [0.2, 0.25) is 0 Å². The van der Waals surface area contributed by atoms with E-state index in [0.717, 1.165) is 0 Å². The predicted molar refractivity (Wildman–Crippen MR) is 44.6 cm³/mol. The number of ether oxygens (including phenoxy) is 2. The van der Waals surface area contributed by atoms with Crippen molar-refractivity contribution in [3.05, 3.63) is 18.5 Å². The maximum Gasteiger partial charge on any atom is 0.140 e. The minimum absolute atomic E-state index is 0. The molecular formula is C7H10ClNO2. The van der Waals surface area contributed by atoms with Crippen molar-refractivity contribution in [2.24, 2.45) is 0 Å². The maximum absolute atomic E-state index is 4.91. The van der Waals surface area contributed by atoms with Gasteiger partial charge in [-0.2, -0.15) is 0 Å². The van der Waals surface area contributed by atoms with Crippen molar-refractivity contribution < 1.29 is 9.47 Å². The van der Waals surface area contributed by atoms with E-state index in [0.29, 0.717) is 11.5 Å². The van der Waals surface area contributed by atoms with Gasteiger partial charge in [-0.25, -0.2) is 0 Å². The van der Waals surface area contributed by atoms with Crippen LogP contribution in [0, 0.1) is 0 Å². The molecule has 0 spiro atoms. The molecule has 0 aromatic carbocycles. The molecule has 0 aliphatic carbocycles. The van der Waals surface area contributed by atoms with Crippen LogP contribution in [0.3, 0.4) is 0 Å². The van der Waals surface area contributed by atoms with Crippen molar-refractivity contribution in [2.75, 3.05) is 14.2 Å². The summed E-state index contributed by atoms with van der Waals surface area (Å²) < 4.78 is 9.83. The first-order chi connectivity index (χ1) is 4.86. The Morgan fingerprint density at radius 2 is 1.55 bits per heavy atom. The molecule has 3 nitrogen and oxygen atoms in total. The molecule has 0 aliphatic heterocycles. The summed E-state index contributed by atoms with van der Waals surface area (Å²) in [4.78, 5) is 3.88. The standard InChI is InChI=1S/C7H9NO2.ClH/c1-9-6-3-7(10-2)5-8-4-6;/h3-5H,1-2H3;1H. The van der Waals surface area contributed by atoms with Crippen LogP contribution in [0.25, 0.3) is 0 Å². The lowest BCUT2D eigenvalue weighted by Crippen LogP contribution is -1.87. The molecule has 0 amide bonds. The van der Waals surface area contributed by atoms with E-state index in [1.54, 1.807) is 32.7 Å². The zero-order valence-electron chi connectivity index (χ0n) is 6.40. The quantitative estimate of drug-likeness (QED) is 0.683. The van der Waals surface area contributed by atoms with Gasteiger partial charge < -0.3 is 9.47 Å². The van der Waals surface area contributed by atoms with Gasteiger partial charge in [0.2, 0.25) is 0 Å². The van der Waals surface area contributed by atoms with Gasteiger partial charge in [-0.15, -0.1) is 12.4 Å². The largest absolute Gasteiger partial charge is 0.495 e. The lowest BCUT2D eigenvalue weighted by molar-refractivity contribution is 0.391. The van der Waals surface area contributed by atoms with Gasteiger partial charge in [-0.1, -0.05) is 0 Å². The van der Waals surface area contributed by atoms with E-state index in [9.17, 15) is 0 Å². The number of hydrogen-bond acceptors (Lipinski definition) is 3. The molecule has 0 fully saturated rings. The zero-order valence-corrected chi connectivity index (χ0v) is 7.22. The van der Waals surface area contributed by atoms with Crippen LogP contribution in [0.1, 0.15) is 0 Å². The van der Waals surface area contributed by atoms with Crippen LogP contribution < -0.4 is 9.47 Å². The van der Waals surface area contributed by atoms with E-state index in [1.807, 2.05) is 0 Å². The number of rotatable bonds is 2. The first kappa shape index (κ1) is 10.0. The average molecular weight is 176 g/mol. The number of nitrogens with zero attached hydrogens (tertiary/aromatic N) is 1. The van der Waals surface area contributed by atoms with Crippen molar-refractivity contribution in [2.45, 2.75) is 0 Å².